The van der Waals surface area contributed by atoms with E-state index in [2.05, 4.69) is 46.6 Å². The Labute approximate surface area is 217 Å². The lowest BCUT2D eigenvalue weighted by atomic mass is 10.1. The summed E-state index contributed by atoms with van der Waals surface area (Å²) in [6, 6.07) is 20.3. The first kappa shape index (κ1) is 24.9. The molecule has 0 bridgehead atoms. The van der Waals surface area contributed by atoms with Crippen LogP contribution in [0, 0.1) is 18.8 Å². The minimum atomic E-state index is -0.260. The van der Waals surface area contributed by atoms with Crippen molar-refractivity contribution in [3.05, 3.63) is 83.2 Å². The summed E-state index contributed by atoms with van der Waals surface area (Å²) in [6.07, 6.45) is 2.54. The van der Waals surface area contributed by atoms with Gasteiger partial charge in [0.1, 0.15) is 11.6 Å². The molecule has 8 heteroatoms. The monoisotopic (exact) mass is 499 g/mol. The largest absolute Gasteiger partial charge is 0.466 e. The van der Waals surface area contributed by atoms with Gasteiger partial charge in [0.25, 0.3) is 0 Å². The number of esters is 1. The Morgan fingerprint density at radius 2 is 1.89 bits per heavy atom. The van der Waals surface area contributed by atoms with Crippen LogP contribution in [0.15, 0.2) is 65.8 Å². The summed E-state index contributed by atoms with van der Waals surface area (Å²) in [6.45, 7) is 7.06. The number of ether oxygens (including phenoxy) is 2. The molecule has 8 nitrogen and oxygen atoms in total. The van der Waals surface area contributed by atoms with Gasteiger partial charge in [-0.1, -0.05) is 60.2 Å². The third kappa shape index (κ3) is 6.14. The summed E-state index contributed by atoms with van der Waals surface area (Å²) >= 11 is 0. The number of hydrazone groups is 1. The van der Waals surface area contributed by atoms with Crippen LogP contribution in [-0.4, -0.2) is 55.1 Å². The number of aromatic nitrogens is 2. The van der Waals surface area contributed by atoms with E-state index >= 15 is 0 Å². The third-order valence-electron chi connectivity index (χ3n) is 6.87. The quantitative estimate of drug-likeness (QED) is 0.268. The molecule has 1 aliphatic carbocycles. The van der Waals surface area contributed by atoms with Crippen molar-refractivity contribution in [3.63, 3.8) is 0 Å². The molecule has 2 heterocycles. The highest BCUT2D eigenvalue weighted by Gasteiger charge is 2.58. The van der Waals surface area contributed by atoms with Crippen molar-refractivity contribution in [2.24, 2.45) is 16.9 Å². The molecule has 1 aromatic heterocycles. The van der Waals surface area contributed by atoms with E-state index in [1.807, 2.05) is 43.3 Å². The van der Waals surface area contributed by atoms with E-state index in [4.69, 9.17) is 19.4 Å². The van der Waals surface area contributed by atoms with E-state index in [-0.39, 0.29) is 23.7 Å². The van der Waals surface area contributed by atoms with Crippen molar-refractivity contribution in [3.8, 4) is 0 Å². The molecule has 1 saturated heterocycles. The Morgan fingerprint density at radius 1 is 1.14 bits per heavy atom. The summed E-state index contributed by atoms with van der Waals surface area (Å²) in [4.78, 5) is 24.8. The fourth-order valence-corrected chi connectivity index (χ4v) is 4.86. The van der Waals surface area contributed by atoms with Crippen LogP contribution in [0.2, 0.25) is 0 Å². The third-order valence-corrected chi connectivity index (χ3v) is 6.87. The Morgan fingerprint density at radius 3 is 2.62 bits per heavy atom. The molecule has 3 atom stereocenters. The van der Waals surface area contributed by atoms with Crippen LogP contribution in [0.3, 0.4) is 0 Å². The number of benzene rings is 2. The number of nitrogens with zero attached hydrogens (tertiary/aromatic N) is 4. The van der Waals surface area contributed by atoms with Gasteiger partial charge in [0.2, 0.25) is 0 Å². The summed E-state index contributed by atoms with van der Waals surface area (Å²) in [5.41, 5.74) is 6.47. The number of carbonyl (C=O) groups is 1. The van der Waals surface area contributed by atoms with Crippen LogP contribution in [0.5, 0.6) is 0 Å². The summed E-state index contributed by atoms with van der Waals surface area (Å²) < 4.78 is 11.0. The molecule has 0 spiro atoms. The number of nitrogens with one attached hydrogen (secondary N) is 1. The number of aryl methyl sites for hydroxylation is 1. The SMILES string of the molecule is CCOC(=O)C1C(Cc2ccccc2)C1c1nc(NN=Cc2ccc(C)cc2)cc(N2CCOCC2)n1. The van der Waals surface area contributed by atoms with Gasteiger partial charge in [-0.15, -0.1) is 0 Å². The van der Waals surface area contributed by atoms with Crippen molar-refractivity contribution in [2.45, 2.75) is 26.2 Å². The predicted molar refractivity (Wildman–Crippen MR) is 144 cm³/mol. The van der Waals surface area contributed by atoms with Gasteiger partial charge in [-0.05, 0) is 37.3 Å². The zero-order chi connectivity index (χ0) is 25.6. The van der Waals surface area contributed by atoms with Crippen LogP contribution in [-0.2, 0) is 20.7 Å². The number of morpholine rings is 1. The summed E-state index contributed by atoms with van der Waals surface area (Å²) in [5, 5.41) is 4.42. The Balaban J connectivity index is 1.42. The molecule has 1 saturated carbocycles. The number of rotatable bonds is 9. The molecule has 3 unspecified atom stereocenters. The van der Waals surface area contributed by atoms with Gasteiger partial charge < -0.3 is 14.4 Å². The van der Waals surface area contributed by atoms with Gasteiger partial charge in [-0.25, -0.2) is 9.97 Å². The van der Waals surface area contributed by atoms with Crippen molar-refractivity contribution in [1.29, 1.82) is 0 Å². The molecule has 0 radical (unpaired) electrons. The van der Waals surface area contributed by atoms with Crippen LogP contribution >= 0.6 is 0 Å². The van der Waals surface area contributed by atoms with Crippen molar-refractivity contribution in [2.75, 3.05) is 43.2 Å². The maximum atomic E-state index is 12.9. The van der Waals surface area contributed by atoms with Crippen molar-refractivity contribution >= 4 is 23.8 Å². The number of anilines is 2. The molecular weight excluding hydrogens is 466 g/mol. The first-order chi connectivity index (χ1) is 18.1. The van der Waals surface area contributed by atoms with E-state index in [0.29, 0.717) is 31.5 Å². The van der Waals surface area contributed by atoms with E-state index in [1.54, 1.807) is 6.21 Å². The Kier molecular flexibility index (Phi) is 7.75. The molecule has 2 aromatic carbocycles. The maximum absolute atomic E-state index is 12.9. The van der Waals surface area contributed by atoms with Crippen LogP contribution in [0.4, 0.5) is 11.6 Å². The molecule has 1 N–H and O–H groups in total. The molecule has 2 fully saturated rings. The fraction of sp³-hybridized carbons (Fsp3) is 0.379. The second kappa shape index (κ2) is 11.5. The van der Waals surface area contributed by atoms with Gasteiger partial charge in [-0.2, -0.15) is 5.10 Å². The van der Waals surface area contributed by atoms with Gasteiger partial charge in [0.15, 0.2) is 5.82 Å². The van der Waals surface area contributed by atoms with Crippen molar-refractivity contribution < 1.29 is 14.3 Å². The highest BCUT2D eigenvalue weighted by atomic mass is 16.5. The highest BCUT2D eigenvalue weighted by Crippen LogP contribution is 2.55. The van der Waals surface area contributed by atoms with Crippen LogP contribution in [0.1, 0.15) is 35.4 Å². The Hall–Kier alpha value is -3.78. The second-order valence-electron chi connectivity index (χ2n) is 9.51. The van der Waals surface area contributed by atoms with E-state index < -0.39 is 0 Å². The Bertz CT molecular complexity index is 1230. The van der Waals surface area contributed by atoms with E-state index in [9.17, 15) is 4.79 Å². The van der Waals surface area contributed by atoms with E-state index in [0.717, 1.165) is 30.9 Å². The van der Waals surface area contributed by atoms with Gasteiger partial charge in [0, 0.05) is 25.1 Å². The van der Waals surface area contributed by atoms with Gasteiger partial charge in [-0.3, -0.25) is 10.2 Å². The second-order valence-corrected chi connectivity index (χ2v) is 9.51. The van der Waals surface area contributed by atoms with Gasteiger partial charge in [0.05, 0.1) is 32.0 Å². The van der Waals surface area contributed by atoms with E-state index in [1.165, 1.54) is 11.1 Å². The normalized spacial score (nSPS) is 21.1. The number of carbonyl (C=O) groups excluding carboxylic acids is 1. The minimum Gasteiger partial charge on any atom is -0.466 e. The average Bonchev–Trinajstić information content (AvgIpc) is 3.64. The lowest BCUT2D eigenvalue weighted by Crippen LogP contribution is -2.37. The topological polar surface area (TPSA) is 88.9 Å². The van der Waals surface area contributed by atoms with Gasteiger partial charge >= 0.3 is 5.97 Å². The lowest BCUT2D eigenvalue weighted by Gasteiger charge is -2.28. The smallest absolute Gasteiger partial charge is 0.309 e. The first-order valence-corrected chi connectivity index (χ1v) is 12.9. The molecule has 1 aliphatic heterocycles. The summed E-state index contributed by atoms with van der Waals surface area (Å²) in [5.74, 6) is 1.60. The zero-order valence-corrected chi connectivity index (χ0v) is 21.3. The maximum Gasteiger partial charge on any atom is 0.309 e. The molecule has 0 amide bonds. The molecule has 3 aromatic rings. The molecular formula is C29H33N5O3. The number of hydrogen-bond donors (Lipinski definition) is 1. The zero-order valence-electron chi connectivity index (χ0n) is 21.3. The molecule has 5 rings (SSSR count). The van der Waals surface area contributed by atoms with Crippen LogP contribution < -0.4 is 10.3 Å². The molecule has 37 heavy (non-hydrogen) atoms. The number of hydrogen-bond acceptors (Lipinski definition) is 8. The van der Waals surface area contributed by atoms with Crippen molar-refractivity contribution in [1.82, 2.24) is 9.97 Å². The molecule has 2 aliphatic rings. The van der Waals surface area contributed by atoms with Crippen LogP contribution in [0.25, 0.3) is 0 Å². The summed E-state index contributed by atoms with van der Waals surface area (Å²) in [7, 11) is 0. The average molecular weight is 500 g/mol. The molecule has 192 valence electrons. The standard InChI is InChI=1S/C29H33N5O3/c1-3-37-29(35)27-23(17-21-7-5-4-6-8-21)26(27)28-31-24(18-25(32-28)34-13-15-36-16-14-34)33-30-19-22-11-9-20(2)10-12-22/h4-12,18-19,23,26-27H,3,13-17H2,1-2H3,(H,31,32,33). The minimum absolute atomic E-state index is 0.0882. The first-order valence-electron chi connectivity index (χ1n) is 12.9. The lowest BCUT2D eigenvalue weighted by molar-refractivity contribution is -0.145. The fourth-order valence-electron chi connectivity index (χ4n) is 4.86. The predicted octanol–water partition coefficient (Wildman–Crippen LogP) is 4.20. The highest BCUT2D eigenvalue weighted by molar-refractivity contribution is 5.80.